The highest BCUT2D eigenvalue weighted by Gasteiger charge is 2.38. The zero-order chi connectivity index (χ0) is 23.9. The Hall–Kier alpha value is -3.10. The highest BCUT2D eigenvalue weighted by molar-refractivity contribution is 5.93. The first-order chi connectivity index (χ1) is 15.0. The quantitative estimate of drug-likeness (QED) is 0.525. The molecule has 1 heterocycles. The number of nitrogens with one attached hydrogen (secondary N) is 3. The minimum absolute atomic E-state index is 0.114. The Balaban J connectivity index is 2.31. The van der Waals surface area contributed by atoms with E-state index >= 15 is 0 Å². The van der Waals surface area contributed by atoms with E-state index in [0.717, 1.165) is 0 Å². The lowest BCUT2D eigenvalue weighted by molar-refractivity contribution is -0.133. The molecule has 9 heteroatoms. The first-order valence-corrected chi connectivity index (χ1v) is 10.8. The van der Waals surface area contributed by atoms with Crippen LogP contribution in [0.4, 0.5) is 4.79 Å². The Morgan fingerprint density at radius 1 is 1.12 bits per heavy atom. The fourth-order valence-electron chi connectivity index (χ4n) is 3.34. The molecule has 1 fully saturated rings. The first-order valence-electron chi connectivity index (χ1n) is 10.8. The number of benzene rings is 1. The first kappa shape index (κ1) is 25.2. The lowest BCUT2D eigenvalue weighted by Gasteiger charge is -2.30. The number of hydrogen-bond donors (Lipinski definition) is 3. The second-order valence-electron chi connectivity index (χ2n) is 9.12. The molecule has 1 aromatic rings. The van der Waals surface area contributed by atoms with Crippen LogP contribution in [-0.2, 0) is 19.1 Å². The zero-order valence-electron chi connectivity index (χ0n) is 19.3. The van der Waals surface area contributed by atoms with E-state index in [4.69, 9.17) is 9.47 Å². The van der Waals surface area contributed by atoms with Crippen LogP contribution in [0.2, 0.25) is 0 Å². The van der Waals surface area contributed by atoms with Crippen molar-refractivity contribution in [1.29, 1.82) is 0 Å². The lowest BCUT2D eigenvalue weighted by Crippen LogP contribution is -2.55. The summed E-state index contributed by atoms with van der Waals surface area (Å²) in [6.07, 6.45) is -1.45. The molecule has 1 aromatic carbocycles. The molecule has 2 rings (SSSR count). The van der Waals surface area contributed by atoms with Crippen LogP contribution in [-0.4, -0.2) is 54.2 Å². The van der Waals surface area contributed by atoms with E-state index in [1.807, 2.05) is 0 Å². The number of carbonyl (C=O) groups is 4. The maximum absolute atomic E-state index is 13.0. The van der Waals surface area contributed by atoms with Gasteiger partial charge in [-0.05, 0) is 59.6 Å². The fourth-order valence-corrected chi connectivity index (χ4v) is 3.34. The molecular formula is C23H33N3O6. The molecule has 3 amide bonds. The van der Waals surface area contributed by atoms with Crippen LogP contribution in [0.3, 0.4) is 0 Å². The standard InChI is InChI=1S/C23H33N3O6/c1-14(2)25-20(28)18(31-21(29)15-9-7-6-8-10-15)17(13-16-11-12-24-19(16)27)26-22(30)32-23(3,4)5/h6-10,14,16-18H,11-13H2,1-5H3,(H,24,27)(H,25,28)(H,26,30)/t16-,17-,18?/m0/s1. The lowest BCUT2D eigenvalue weighted by atomic mass is 9.94. The molecule has 3 atom stereocenters. The molecule has 0 aromatic heterocycles. The van der Waals surface area contributed by atoms with Gasteiger partial charge in [-0.1, -0.05) is 18.2 Å². The smallest absolute Gasteiger partial charge is 0.408 e. The van der Waals surface area contributed by atoms with Crippen LogP contribution in [0.25, 0.3) is 0 Å². The average molecular weight is 448 g/mol. The van der Waals surface area contributed by atoms with Crippen LogP contribution in [0.5, 0.6) is 0 Å². The molecule has 1 unspecified atom stereocenters. The molecule has 3 N–H and O–H groups in total. The van der Waals surface area contributed by atoms with Crippen molar-refractivity contribution in [2.45, 2.75) is 71.2 Å². The largest absolute Gasteiger partial charge is 0.446 e. The monoisotopic (exact) mass is 447 g/mol. The van der Waals surface area contributed by atoms with Gasteiger partial charge >= 0.3 is 12.1 Å². The highest BCUT2D eigenvalue weighted by atomic mass is 16.6. The molecule has 1 aliphatic heterocycles. The summed E-state index contributed by atoms with van der Waals surface area (Å²) in [6.45, 7) is 9.19. The molecule has 0 radical (unpaired) electrons. The average Bonchev–Trinajstić information content (AvgIpc) is 3.08. The number of esters is 1. The van der Waals surface area contributed by atoms with E-state index in [1.54, 1.807) is 65.0 Å². The molecule has 176 valence electrons. The van der Waals surface area contributed by atoms with E-state index in [2.05, 4.69) is 16.0 Å². The molecule has 0 saturated carbocycles. The van der Waals surface area contributed by atoms with Crippen LogP contribution in [0.1, 0.15) is 57.8 Å². The second kappa shape index (κ2) is 11.0. The van der Waals surface area contributed by atoms with Crippen LogP contribution < -0.4 is 16.0 Å². The molecule has 0 aliphatic carbocycles. The number of alkyl carbamates (subject to hydrolysis) is 1. The molecule has 9 nitrogen and oxygen atoms in total. The normalized spacial score (nSPS) is 17.8. The van der Waals surface area contributed by atoms with Crippen LogP contribution in [0, 0.1) is 5.92 Å². The summed E-state index contributed by atoms with van der Waals surface area (Å²) in [6, 6.07) is 7.06. The molecule has 32 heavy (non-hydrogen) atoms. The zero-order valence-corrected chi connectivity index (χ0v) is 19.3. The number of carbonyl (C=O) groups excluding carboxylic acids is 4. The van der Waals surface area contributed by atoms with Gasteiger partial charge in [-0.2, -0.15) is 0 Å². The SMILES string of the molecule is CC(C)NC(=O)C(OC(=O)c1ccccc1)[C@H](C[C@@H]1CCNC1=O)NC(=O)OC(C)(C)C. The van der Waals surface area contributed by atoms with Gasteiger partial charge in [0.1, 0.15) is 5.60 Å². The van der Waals surface area contributed by atoms with Gasteiger partial charge in [0.15, 0.2) is 0 Å². The van der Waals surface area contributed by atoms with Crippen molar-refractivity contribution in [3.8, 4) is 0 Å². The topological polar surface area (TPSA) is 123 Å². The number of hydrogen-bond acceptors (Lipinski definition) is 6. The van der Waals surface area contributed by atoms with E-state index in [9.17, 15) is 19.2 Å². The van der Waals surface area contributed by atoms with Crippen molar-refractivity contribution < 1.29 is 28.7 Å². The Labute approximate surface area is 188 Å². The van der Waals surface area contributed by atoms with Gasteiger partial charge in [0.25, 0.3) is 5.91 Å². The minimum atomic E-state index is -1.36. The molecular weight excluding hydrogens is 414 g/mol. The Morgan fingerprint density at radius 2 is 1.78 bits per heavy atom. The minimum Gasteiger partial charge on any atom is -0.446 e. The summed E-state index contributed by atoms with van der Waals surface area (Å²) in [5.74, 6) is -1.87. The predicted molar refractivity (Wildman–Crippen MR) is 118 cm³/mol. The van der Waals surface area contributed by atoms with Crippen LogP contribution >= 0.6 is 0 Å². The summed E-state index contributed by atoms with van der Waals surface area (Å²) in [5, 5.41) is 8.12. The van der Waals surface area contributed by atoms with Gasteiger partial charge in [-0.3, -0.25) is 9.59 Å². The van der Waals surface area contributed by atoms with Crippen molar-refractivity contribution in [1.82, 2.24) is 16.0 Å². The van der Waals surface area contributed by atoms with Gasteiger partial charge in [-0.25, -0.2) is 9.59 Å². The fraction of sp³-hybridized carbons (Fsp3) is 0.565. The summed E-state index contributed by atoms with van der Waals surface area (Å²) in [5.41, 5.74) is -0.500. The van der Waals surface area contributed by atoms with Gasteiger partial charge in [0.2, 0.25) is 12.0 Å². The van der Waals surface area contributed by atoms with Gasteiger partial charge in [-0.15, -0.1) is 0 Å². The highest BCUT2D eigenvalue weighted by Crippen LogP contribution is 2.21. The summed E-state index contributed by atoms with van der Waals surface area (Å²) >= 11 is 0. The van der Waals surface area contributed by atoms with Crippen molar-refractivity contribution >= 4 is 23.9 Å². The molecule has 1 aliphatic rings. The Bertz CT molecular complexity index is 819. The number of amides is 3. The predicted octanol–water partition coefficient (Wildman–Crippen LogP) is 2.16. The third-order valence-electron chi connectivity index (χ3n) is 4.70. The van der Waals surface area contributed by atoms with E-state index in [-0.39, 0.29) is 23.9 Å². The maximum Gasteiger partial charge on any atom is 0.408 e. The molecule has 0 spiro atoms. The maximum atomic E-state index is 13.0. The number of ether oxygens (including phenoxy) is 2. The van der Waals surface area contributed by atoms with E-state index in [1.165, 1.54) is 0 Å². The van der Waals surface area contributed by atoms with Gasteiger partial charge in [0.05, 0.1) is 11.6 Å². The third-order valence-corrected chi connectivity index (χ3v) is 4.70. The van der Waals surface area contributed by atoms with Crippen LogP contribution in [0.15, 0.2) is 30.3 Å². The van der Waals surface area contributed by atoms with E-state index in [0.29, 0.717) is 13.0 Å². The third kappa shape index (κ3) is 7.86. The molecule has 0 bridgehead atoms. The van der Waals surface area contributed by atoms with Gasteiger partial charge < -0.3 is 25.4 Å². The summed E-state index contributed by atoms with van der Waals surface area (Å²) in [4.78, 5) is 50.4. The van der Waals surface area contributed by atoms with Crippen molar-refractivity contribution in [2.75, 3.05) is 6.54 Å². The van der Waals surface area contributed by atoms with E-state index < -0.39 is 41.6 Å². The van der Waals surface area contributed by atoms with Crippen molar-refractivity contribution in [2.24, 2.45) is 5.92 Å². The number of rotatable bonds is 8. The molecule has 1 saturated heterocycles. The van der Waals surface area contributed by atoms with Crippen molar-refractivity contribution in [3.63, 3.8) is 0 Å². The summed E-state index contributed by atoms with van der Waals surface area (Å²) < 4.78 is 10.9. The Morgan fingerprint density at radius 3 is 2.31 bits per heavy atom. The Kier molecular flexibility index (Phi) is 8.63. The summed E-state index contributed by atoms with van der Waals surface area (Å²) in [7, 11) is 0. The van der Waals surface area contributed by atoms with Gasteiger partial charge in [0, 0.05) is 18.5 Å². The second-order valence-corrected chi connectivity index (χ2v) is 9.12. The van der Waals surface area contributed by atoms with Crippen molar-refractivity contribution in [3.05, 3.63) is 35.9 Å².